The maximum Gasteiger partial charge on any atom is 0.263 e. The molecule has 2 aliphatic rings. The first kappa shape index (κ1) is 20.0. The number of amides is 1. The number of thioether (sulfide) groups is 1. The topological polar surface area (TPSA) is 64.0 Å². The molecule has 0 radical (unpaired) electrons. The van der Waals surface area contributed by atoms with Crippen LogP contribution < -0.4 is 10.9 Å². The maximum atomic E-state index is 13.6. The molecule has 1 fully saturated rings. The van der Waals surface area contributed by atoms with Crippen LogP contribution in [0, 0.1) is 0 Å². The molecule has 0 aromatic carbocycles. The van der Waals surface area contributed by atoms with Gasteiger partial charge in [0.2, 0.25) is 5.91 Å². The van der Waals surface area contributed by atoms with Gasteiger partial charge in [0.25, 0.3) is 5.56 Å². The van der Waals surface area contributed by atoms with Crippen molar-refractivity contribution in [2.45, 2.75) is 88.9 Å². The van der Waals surface area contributed by atoms with E-state index >= 15 is 0 Å². The predicted molar refractivity (Wildman–Crippen MR) is 117 cm³/mol. The predicted octanol–water partition coefficient (Wildman–Crippen LogP) is 4.46. The standard InChI is InChI=1S/C21H29N3O2S2/c1-3-13(2)22-17(25)12-27-21-23-19-18(15-10-6-7-11-16(15)28-19)20(26)24(21)14-8-4-5-9-14/h13-14H,3-12H2,1-2H3,(H,22,25)/t13-/m0/s1. The minimum absolute atomic E-state index is 0.0112. The minimum Gasteiger partial charge on any atom is -0.353 e. The SMILES string of the molecule is CC[C@H](C)NC(=O)CSc1nc2sc3c(c2c(=O)n1C1CCCC1)CCCC3. The van der Waals surface area contributed by atoms with Gasteiger partial charge < -0.3 is 5.32 Å². The van der Waals surface area contributed by atoms with E-state index < -0.39 is 0 Å². The summed E-state index contributed by atoms with van der Waals surface area (Å²) >= 11 is 3.11. The number of thiophene rings is 1. The smallest absolute Gasteiger partial charge is 0.263 e. The van der Waals surface area contributed by atoms with E-state index in [0.717, 1.165) is 66.7 Å². The van der Waals surface area contributed by atoms with Gasteiger partial charge >= 0.3 is 0 Å². The van der Waals surface area contributed by atoms with E-state index in [1.807, 2.05) is 11.5 Å². The van der Waals surface area contributed by atoms with Crippen LogP contribution in [0.2, 0.25) is 0 Å². The third-order valence-corrected chi connectivity index (χ3v) is 8.17. The quantitative estimate of drug-likeness (QED) is 0.555. The van der Waals surface area contributed by atoms with Gasteiger partial charge in [0.15, 0.2) is 5.16 Å². The van der Waals surface area contributed by atoms with Crippen LogP contribution in [0.25, 0.3) is 10.2 Å². The average molecular weight is 420 g/mol. The molecule has 2 heterocycles. The van der Waals surface area contributed by atoms with Crippen LogP contribution in [-0.4, -0.2) is 27.3 Å². The summed E-state index contributed by atoms with van der Waals surface area (Å²) in [6.45, 7) is 4.07. The molecular weight excluding hydrogens is 390 g/mol. The number of carbonyl (C=O) groups excluding carboxylic acids is 1. The Labute approximate surface area is 174 Å². The summed E-state index contributed by atoms with van der Waals surface area (Å²) in [6.07, 6.45) is 9.74. The van der Waals surface area contributed by atoms with Crippen molar-refractivity contribution in [3.05, 3.63) is 20.8 Å². The number of hydrogen-bond donors (Lipinski definition) is 1. The Hall–Kier alpha value is -1.34. The van der Waals surface area contributed by atoms with Crippen molar-refractivity contribution in [3.8, 4) is 0 Å². The number of aryl methyl sites for hydroxylation is 2. The fourth-order valence-electron chi connectivity index (χ4n) is 4.33. The third-order valence-electron chi connectivity index (χ3n) is 6.03. The van der Waals surface area contributed by atoms with E-state index in [2.05, 4.69) is 12.2 Å². The average Bonchev–Trinajstić information content (AvgIpc) is 3.33. The van der Waals surface area contributed by atoms with Gasteiger partial charge in [0.05, 0.1) is 11.1 Å². The van der Waals surface area contributed by atoms with Crippen molar-refractivity contribution in [2.24, 2.45) is 0 Å². The lowest BCUT2D eigenvalue weighted by Crippen LogP contribution is -2.33. The maximum absolute atomic E-state index is 13.6. The molecule has 4 rings (SSSR count). The van der Waals surface area contributed by atoms with Crippen LogP contribution in [0.5, 0.6) is 0 Å². The lowest BCUT2D eigenvalue weighted by molar-refractivity contribution is -0.119. The third kappa shape index (κ3) is 3.88. The Morgan fingerprint density at radius 3 is 2.79 bits per heavy atom. The molecule has 1 amide bonds. The van der Waals surface area contributed by atoms with Gasteiger partial charge in [-0.1, -0.05) is 31.5 Å². The Kier molecular flexibility index (Phi) is 6.11. The molecule has 0 aliphatic heterocycles. The summed E-state index contributed by atoms with van der Waals surface area (Å²) in [5.74, 6) is 0.317. The van der Waals surface area contributed by atoms with Crippen LogP contribution >= 0.6 is 23.1 Å². The second kappa shape index (κ2) is 8.57. The van der Waals surface area contributed by atoms with Crippen molar-refractivity contribution in [3.63, 3.8) is 0 Å². The first-order valence-electron chi connectivity index (χ1n) is 10.6. The minimum atomic E-state index is 0.0112. The Balaban J connectivity index is 1.71. The highest BCUT2D eigenvalue weighted by Gasteiger charge is 2.27. The molecule has 1 N–H and O–H groups in total. The molecule has 2 aromatic rings. The monoisotopic (exact) mass is 419 g/mol. The highest BCUT2D eigenvalue weighted by Crippen LogP contribution is 2.37. The molecule has 7 heteroatoms. The summed E-state index contributed by atoms with van der Waals surface area (Å²) in [5, 5.41) is 4.59. The van der Waals surface area contributed by atoms with Crippen LogP contribution in [0.4, 0.5) is 0 Å². The molecule has 0 unspecified atom stereocenters. The molecule has 1 saturated carbocycles. The largest absolute Gasteiger partial charge is 0.353 e. The van der Waals surface area contributed by atoms with Crippen LogP contribution in [-0.2, 0) is 17.6 Å². The van der Waals surface area contributed by atoms with Crippen molar-refractivity contribution in [1.29, 1.82) is 0 Å². The van der Waals surface area contributed by atoms with Crippen molar-refractivity contribution >= 4 is 39.2 Å². The van der Waals surface area contributed by atoms with Gasteiger partial charge in [-0.25, -0.2) is 4.98 Å². The van der Waals surface area contributed by atoms with Gasteiger partial charge in [0, 0.05) is 17.0 Å². The van der Waals surface area contributed by atoms with E-state index in [4.69, 9.17) is 4.98 Å². The molecule has 152 valence electrons. The summed E-state index contributed by atoms with van der Waals surface area (Å²) in [6, 6.07) is 0.397. The molecule has 28 heavy (non-hydrogen) atoms. The molecular formula is C21H29N3O2S2. The van der Waals surface area contributed by atoms with E-state index in [9.17, 15) is 9.59 Å². The summed E-state index contributed by atoms with van der Waals surface area (Å²) < 4.78 is 1.93. The van der Waals surface area contributed by atoms with Crippen LogP contribution in [0.1, 0.15) is 75.3 Å². The number of fused-ring (bicyclic) bond motifs is 3. The van der Waals surface area contributed by atoms with Gasteiger partial charge in [-0.3, -0.25) is 14.2 Å². The van der Waals surface area contributed by atoms with Gasteiger partial charge in [-0.05, 0) is 57.4 Å². The first-order valence-corrected chi connectivity index (χ1v) is 12.4. The van der Waals surface area contributed by atoms with Gasteiger partial charge in [-0.15, -0.1) is 11.3 Å². The van der Waals surface area contributed by atoms with Crippen molar-refractivity contribution < 1.29 is 4.79 Å². The second-order valence-electron chi connectivity index (χ2n) is 8.06. The number of aromatic nitrogens is 2. The number of rotatable bonds is 6. The van der Waals surface area contributed by atoms with E-state index in [1.54, 1.807) is 11.3 Å². The highest BCUT2D eigenvalue weighted by molar-refractivity contribution is 7.99. The van der Waals surface area contributed by atoms with Crippen molar-refractivity contribution in [1.82, 2.24) is 14.9 Å². The summed E-state index contributed by atoms with van der Waals surface area (Å²) in [4.78, 5) is 33.0. The summed E-state index contributed by atoms with van der Waals surface area (Å²) in [7, 11) is 0. The zero-order valence-corrected chi connectivity index (χ0v) is 18.4. The Morgan fingerprint density at radius 2 is 2.04 bits per heavy atom. The summed E-state index contributed by atoms with van der Waals surface area (Å²) in [5.41, 5.74) is 1.38. The highest BCUT2D eigenvalue weighted by atomic mass is 32.2. The van der Waals surface area contributed by atoms with E-state index in [0.29, 0.717) is 5.75 Å². The zero-order chi connectivity index (χ0) is 19.7. The molecule has 5 nitrogen and oxygen atoms in total. The molecule has 2 aromatic heterocycles. The zero-order valence-electron chi connectivity index (χ0n) is 16.8. The van der Waals surface area contributed by atoms with Crippen LogP contribution in [0.3, 0.4) is 0 Å². The normalized spacial score (nSPS) is 18.4. The molecule has 0 saturated heterocycles. The molecule has 0 bridgehead atoms. The van der Waals surface area contributed by atoms with Crippen molar-refractivity contribution in [2.75, 3.05) is 5.75 Å². The number of hydrogen-bond acceptors (Lipinski definition) is 5. The van der Waals surface area contributed by atoms with E-state index in [1.165, 1.54) is 28.6 Å². The van der Waals surface area contributed by atoms with Gasteiger partial charge in [-0.2, -0.15) is 0 Å². The fraction of sp³-hybridized carbons (Fsp3) is 0.667. The number of nitrogens with zero attached hydrogens (tertiary/aromatic N) is 2. The Morgan fingerprint density at radius 1 is 1.29 bits per heavy atom. The van der Waals surface area contributed by atoms with E-state index in [-0.39, 0.29) is 23.6 Å². The number of nitrogens with one attached hydrogen (secondary N) is 1. The first-order chi connectivity index (χ1) is 13.6. The lowest BCUT2D eigenvalue weighted by atomic mass is 9.97. The van der Waals surface area contributed by atoms with Gasteiger partial charge in [0.1, 0.15) is 4.83 Å². The number of carbonyl (C=O) groups is 1. The second-order valence-corrected chi connectivity index (χ2v) is 10.1. The molecule has 2 aliphatic carbocycles. The Bertz CT molecular complexity index is 928. The lowest BCUT2D eigenvalue weighted by Gasteiger charge is -2.18. The molecule has 1 atom stereocenters. The molecule has 0 spiro atoms. The van der Waals surface area contributed by atoms with Crippen LogP contribution in [0.15, 0.2) is 9.95 Å². The fourth-order valence-corrected chi connectivity index (χ4v) is 6.51.